The number of esters is 1. The number of nitrogens with one attached hydrogen (secondary N) is 1. The first-order valence-corrected chi connectivity index (χ1v) is 7.91. The lowest BCUT2D eigenvalue weighted by Crippen LogP contribution is -2.31. The van der Waals surface area contributed by atoms with Gasteiger partial charge in [0.2, 0.25) is 0 Å². The summed E-state index contributed by atoms with van der Waals surface area (Å²) < 4.78 is 4.91. The van der Waals surface area contributed by atoms with Gasteiger partial charge in [0.05, 0.1) is 13.5 Å². The summed E-state index contributed by atoms with van der Waals surface area (Å²) in [6.07, 6.45) is 2.50. The monoisotopic (exact) mass is 287 g/mol. The first-order chi connectivity index (χ1) is 8.46. The van der Waals surface area contributed by atoms with E-state index in [1.54, 1.807) is 11.3 Å². The third kappa shape index (κ3) is 5.42. The summed E-state index contributed by atoms with van der Waals surface area (Å²) in [6.45, 7) is 6.28. The zero-order chi connectivity index (χ0) is 13.6. The number of methoxy groups -OCH3 is 1. The van der Waals surface area contributed by atoms with Crippen molar-refractivity contribution in [2.75, 3.05) is 19.9 Å². The van der Waals surface area contributed by atoms with Crippen LogP contribution in [0.15, 0.2) is 12.1 Å². The van der Waals surface area contributed by atoms with Crippen LogP contribution in [0, 0.1) is 0 Å². The van der Waals surface area contributed by atoms with Crippen molar-refractivity contribution in [3.63, 3.8) is 0 Å². The molecular weight excluding hydrogens is 266 g/mol. The molecule has 3 nitrogen and oxygen atoms in total. The fraction of sp³-hybridized carbons (Fsp3) is 0.615. The van der Waals surface area contributed by atoms with Crippen molar-refractivity contribution in [2.45, 2.75) is 31.6 Å². The fourth-order valence-electron chi connectivity index (χ4n) is 1.39. The van der Waals surface area contributed by atoms with Crippen LogP contribution in [0.4, 0.5) is 0 Å². The van der Waals surface area contributed by atoms with Gasteiger partial charge in [-0.3, -0.25) is 4.79 Å². The largest absolute Gasteiger partial charge is 0.469 e. The van der Waals surface area contributed by atoms with Gasteiger partial charge in [-0.2, -0.15) is 11.8 Å². The lowest BCUT2D eigenvalue weighted by molar-refractivity contribution is -0.139. The quantitative estimate of drug-likeness (QED) is 0.783. The maximum Gasteiger partial charge on any atom is 0.310 e. The van der Waals surface area contributed by atoms with Crippen LogP contribution in [0.3, 0.4) is 0 Å². The second kappa shape index (κ2) is 7.16. The summed E-state index contributed by atoms with van der Waals surface area (Å²) in [5, 5.41) is 3.45. The number of hydrogen-bond acceptors (Lipinski definition) is 5. The highest BCUT2D eigenvalue weighted by atomic mass is 32.2. The summed E-state index contributed by atoms with van der Waals surface area (Å²) in [7, 11) is 1.42. The minimum atomic E-state index is -0.181. The minimum Gasteiger partial charge on any atom is -0.469 e. The Balaban J connectivity index is 2.38. The van der Waals surface area contributed by atoms with Gasteiger partial charge in [0.1, 0.15) is 0 Å². The van der Waals surface area contributed by atoms with Crippen molar-refractivity contribution < 1.29 is 9.53 Å². The molecule has 5 heteroatoms. The molecule has 0 saturated heterocycles. The number of ether oxygens (including phenoxy) is 1. The number of thioether (sulfide) groups is 1. The van der Waals surface area contributed by atoms with E-state index in [1.807, 2.05) is 17.8 Å². The molecule has 0 amide bonds. The molecule has 18 heavy (non-hydrogen) atoms. The predicted octanol–water partition coefficient (Wildman–Crippen LogP) is 2.69. The molecule has 0 bridgehead atoms. The molecule has 0 radical (unpaired) electrons. The van der Waals surface area contributed by atoms with E-state index in [0.29, 0.717) is 6.42 Å². The van der Waals surface area contributed by atoms with Crippen molar-refractivity contribution in [1.82, 2.24) is 5.32 Å². The zero-order valence-electron chi connectivity index (χ0n) is 11.4. The van der Waals surface area contributed by atoms with Gasteiger partial charge >= 0.3 is 5.97 Å². The Morgan fingerprint density at radius 1 is 1.44 bits per heavy atom. The molecule has 0 aromatic carbocycles. The standard InChI is InChI=1S/C13H21NO2S2/c1-13(2,17-4)9-14-8-11-6-5-10(18-11)7-12(15)16-3/h5-6,14H,7-9H2,1-4H3. The van der Waals surface area contributed by atoms with Gasteiger partial charge in [0.15, 0.2) is 0 Å². The van der Waals surface area contributed by atoms with E-state index in [2.05, 4.69) is 36.2 Å². The Hall–Kier alpha value is -0.520. The van der Waals surface area contributed by atoms with Crippen LogP contribution in [0.2, 0.25) is 0 Å². The SMILES string of the molecule is COC(=O)Cc1ccc(CNCC(C)(C)SC)s1. The molecule has 0 saturated carbocycles. The van der Waals surface area contributed by atoms with Crippen LogP contribution >= 0.6 is 23.1 Å². The smallest absolute Gasteiger partial charge is 0.310 e. The second-order valence-corrected chi connectivity index (χ2v) is 7.45. The number of carbonyl (C=O) groups excluding carboxylic acids is 1. The highest BCUT2D eigenvalue weighted by molar-refractivity contribution is 7.99. The van der Waals surface area contributed by atoms with E-state index < -0.39 is 0 Å². The minimum absolute atomic E-state index is 0.181. The Bertz CT molecular complexity index is 388. The number of carbonyl (C=O) groups is 1. The Morgan fingerprint density at radius 3 is 2.72 bits per heavy atom. The topological polar surface area (TPSA) is 38.3 Å². The lowest BCUT2D eigenvalue weighted by Gasteiger charge is -2.22. The predicted molar refractivity (Wildman–Crippen MR) is 79.3 cm³/mol. The summed E-state index contributed by atoms with van der Waals surface area (Å²) in [5.74, 6) is -0.181. The third-order valence-electron chi connectivity index (χ3n) is 2.67. The highest BCUT2D eigenvalue weighted by Crippen LogP contribution is 2.21. The van der Waals surface area contributed by atoms with Gasteiger partial charge in [0.25, 0.3) is 0 Å². The van der Waals surface area contributed by atoms with Gasteiger partial charge in [0, 0.05) is 27.6 Å². The lowest BCUT2D eigenvalue weighted by atomic mass is 10.2. The molecule has 0 aliphatic rings. The van der Waals surface area contributed by atoms with Gasteiger partial charge in [-0.05, 0) is 32.2 Å². The van der Waals surface area contributed by atoms with Crippen LogP contribution in [0.1, 0.15) is 23.6 Å². The van der Waals surface area contributed by atoms with Crippen LogP contribution in [-0.2, 0) is 22.5 Å². The first-order valence-electron chi connectivity index (χ1n) is 5.87. The molecule has 1 heterocycles. The zero-order valence-corrected chi connectivity index (χ0v) is 13.0. The fourth-order valence-corrected chi connectivity index (χ4v) is 2.61. The molecule has 0 aliphatic carbocycles. The second-order valence-electron chi connectivity index (χ2n) is 4.69. The molecule has 1 aromatic heterocycles. The Kier molecular flexibility index (Phi) is 6.18. The average Bonchev–Trinajstić information content (AvgIpc) is 2.76. The summed E-state index contributed by atoms with van der Waals surface area (Å²) in [4.78, 5) is 13.5. The molecule has 0 fully saturated rings. The van der Waals surface area contributed by atoms with Gasteiger partial charge in [-0.25, -0.2) is 0 Å². The normalized spacial score (nSPS) is 11.6. The molecule has 102 valence electrons. The van der Waals surface area contributed by atoms with Crippen LogP contribution in [0.5, 0.6) is 0 Å². The molecule has 1 rings (SSSR count). The molecule has 0 atom stereocenters. The van der Waals surface area contributed by atoms with E-state index in [1.165, 1.54) is 12.0 Å². The van der Waals surface area contributed by atoms with Crippen LogP contribution in [-0.4, -0.2) is 30.6 Å². The van der Waals surface area contributed by atoms with Crippen molar-refractivity contribution >= 4 is 29.1 Å². The molecule has 0 spiro atoms. The van der Waals surface area contributed by atoms with Crippen LogP contribution in [0.25, 0.3) is 0 Å². The summed E-state index contributed by atoms with van der Waals surface area (Å²) >= 11 is 3.52. The number of thiophene rings is 1. The summed E-state index contributed by atoms with van der Waals surface area (Å²) in [5.41, 5.74) is 0. The maximum atomic E-state index is 11.1. The number of rotatable bonds is 7. The molecule has 1 N–H and O–H groups in total. The third-order valence-corrected chi connectivity index (χ3v) is 5.00. The van der Waals surface area contributed by atoms with E-state index in [9.17, 15) is 4.79 Å². The first kappa shape index (κ1) is 15.5. The van der Waals surface area contributed by atoms with Crippen molar-refractivity contribution in [1.29, 1.82) is 0 Å². The molecular formula is C13H21NO2S2. The molecule has 1 aromatic rings. The number of hydrogen-bond donors (Lipinski definition) is 1. The van der Waals surface area contributed by atoms with E-state index >= 15 is 0 Å². The Morgan fingerprint density at radius 2 is 2.11 bits per heavy atom. The van der Waals surface area contributed by atoms with Gasteiger partial charge in [-0.1, -0.05) is 0 Å². The highest BCUT2D eigenvalue weighted by Gasteiger charge is 2.15. The van der Waals surface area contributed by atoms with E-state index in [0.717, 1.165) is 18.0 Å². The van der Waals surface area contributed by atoms with E-state index in [-0.39, 0.29) is 10.7 Å². The Labute approximate surface area is 117 Å². The maximum absolute atomic E-state index is 11.1. The van der Waals surface area contributed by atoms with Crippen molar-refractivity contribution in [3.05, 3.63) is 21.9 Å². The average molecular weight is 287 g/mol. The summed E-state index contributed by atoms with van der Waals surface area (Å²) in [6, 6.07) is 4.07. The van der Waals surface area contributed by atoms with Crippen LogP contribution < -0.4 is 5.32 Å². The van der Waals surface area contributed by atoms with Gasteiger partial charge < -0.3 is 10.1 Å². The van der Waals surface area contributed by atoms with Crippen molar-refractivity contribution in [2.24, 2.45) is 0 Å². The molecule has 0 unspecified atom stereocenters. The van der Waals surface area contributed by atoms with Gasteiger partial charge in [-0.15, -0.1) is 11.3 Å². The van der Waals surface area contributed by atoms with Crippen molar-refractivity contribution in [3.8, 4) is 0 Å². The molecule has 0 aliphatic heterocycles. The van der Waals surface area contributed by atoms with E-state index in [4.69, 9.17) is 0 Å².